The average Bonchev–Trinajstić information content (AvgIpc) is 3.09. The minimum atomic E-state index is 0.396. The van der Waals surface area contributed by atoms with Crippen LogP contribution < -0.4 is 5.32 Å². The largest absolute Gasteiger partial charge is 0.423 e. The molecule has 4 heteroatoms. The van der Waals surface area contributed by atoms with Gasteiger partial charge in [0.1, 0.15) is 0 Å². The summed E-state index contributed by atoms with van der Waals surface area (Å²) in [6, 6.07) is 23.9. The third-order valence-electron chi connectivity index (χ3n) is 3.80. The van der Waals surface area contributed by atoms with E-state index in [9.17, 15) is 0 Å². The molecule has 0 spiro atoms. The molecule has 24 heavy (non-hydrogen) atoms. The van der Waals surface area contributed by atoms with E-state index in [1.54, 1.807) is 18.3 Å². The van der Waals surface area contributed by atoms with Gasteiger partial charge in [-0.3, -0.25) is 0 Å². The maximum atomic E-state index is 8.96. The van der Waals surface area contributed by atoms with Gasteiger partial charge in [0, 0.05) is 11.3 Å². The number of hydrogen-bond donors (Lipinski definition) is 1. The maximum Gasteiger partial charge on any atom is 0.299 e. The summed E-state index contributed by atoms with van der Waals surface area (Å²) in [5, 5.41) is 14.3. The average molecular weight is 311 g/mol. The normalized spacial score (nSPS) is 10.5. The van der Waals surface area contributed by atoms with E-state index < -0.39 is 0 Å². The highest BCUT2D eigenvalue weighted by molar-refractivity contribution is 5.95. The van der Waals surface area contributed by atoms with E-state index >= 15 is 0 Å². The molecule has 114 valence electrons. The molecule has 0 aliphatic heterocycles. The SMILES string of the molecule is N#Cc1cccc(Nc2ncc(-c3cccc4ccccc34)o2)c1. The van der Waals surface area contributed by atoms with Gasteiger partial charge in [-0.05, 0) is 29.0 Å². The van der Waals surface area contributed by atoms with Crippen molar-refractivity contribution in [2.45, 2.75) is 0 Å². The first-order valence-electron chi connectivity index (χ1n) is 7.55. The van der Waals surface area contributed by atoms with Gasteiger partial charge in [0.25, 0.3) is 6.01 Å². The summed E-state index contributed by atoms with van der Waals surface area (Å²) < 4.78 is 5.85. The first kappa shape index (κ1) is 14.0. The third kappa shape index (κ3) is 2.59. The van der Waals surface area contributed by atoms with Gasteiger partial charge in [-0.25, -0.2) is 4.98 Å². The van der Waals surface area contributed by atoms with E-state index in [0.717, 1.165) is 22.0 Å². The number of rotatable bonds is 3. The molecule has 4 rings (SSSR count). The van der Waals surface area contributed by atoms with Crippen LogP contribution in [-0.4, -0.2) is 4.98 Å². The predicted molar refractivity (Wildman–Crippen MR) is 93.9 cm³/mol. The number of nitrogens with zero attached hydrogens (tertiary/aromatic N) is 2. The summed E-state index contributed by atoms with van der Waals surface area (Å²) in [5.41, 5.74) is 2.35. The van der Waals surface area contributed by atoms with Gasteiger partial charge in [0.15, 0.2) is 5.76 Å². The van der Waals surface area contributed by atoms with Crippen molar-refractivity contribution in [1.82, 2.24) is 4.98 Å². The Hall–Kier alpha value is -3.58. The highest BCUT2D eigenvalue weighted by Crippen LogP contribution is 2.30. The van der Waals surface area contributed by atoms with Gasteiger partial charge < -0.3 is 9.73 Å². The van der Waals surface area contributed by atoms with Crippen molar-refractivity contribution in [3.8, 4) is 17.4 Å². The first-order chi connectivity index (χ1) is 11.8. The lowest BCUT2D eigenvalue weighted by Gasteiger charge is -2.04. The van der Waals surface area contributed by atoms with E-state index in [0.29, 0.717) is 17.3 Å². The van der Waals surface area contributed by atoms with Gasteiger partial charge in [0.05, 0.1) is 17.8 Å². The lowest BCUT2D eigenvalue weighted by molar-refractivity contribution is 0.592. The molecule has 0 aliphatic rings. The number of benzene rings is 3. The number of nitrogens with one attached hydrogen (secondary N) is 1. The van der Waals surface area contributed by atoms with Crippen LogP contribution in [0, 0.1) is 11.3 Å². The Bertz CT molecular complexity index is 1050. The predicted octanol–water partition coefficient (Wildman–Crippen LogP) is 5.11. The zero-order valence-corrected chi connectivity index (χ0v) is 12.7. The Morgan fingerprint density at radius 2 is 1.79 bits per heavy atom. The van der Waals surface area contributed by atoms with Crippen molar-refractivity contribution in [3.63, 3.8) is 0 Å². The van der Waals surface area contributed by atoms with Crippen LogP contribution in [0.4, 0.5) is 11.7 Å². The zero-order valence-electron chi connectivity index (χ0n) is 12.7. The fourth-order valence-corrected chi connectivity index (χ4v) is 2.69. The lowest BCUT2D eigenvalue weighted by atomic mass is 10.0. The van der Waals surface area contributed by atoms with Gasteiger partial charge in [-0.1, -0.05) is 48.5 Å². The molecular formula is C20H13N3O. The molecule has 4 aromatic rings. The van der Waals surface area contributed by atoms with Crippen LogP contribution in [0.15, 0.2) is 77.3 Å². The monoisotopic (exact) mass is 311 g/mol. The summed E-state index contributed by atoms with van der Waals surface area (Å²) in [5.74, 6) is 0.700. The molecule has 1 N–H and O–H groups in total. The van der Waals surface area contributed by atoms with E-state index in [-0.39, 0.29) is 0 Å². The first-order valence-corrected chi connectivity index (χ1v) is 7.55. The maximum absolute atomic E-state index is 8.96. The molecule has 0 fully saturated rings. The van der Waals surface area contributed by atoms with Crippen LogP contribution in [0.25, 0.3) is 22.1 Å². The minimum absolute atomic E-state index is 0.396. The minimum Gasteiger partial charge on any atom is -0.423 e. The molecule has 3 aromatic carbocycles. The summed E-state index contributed by atoms with van der Waals surface area (Å²) in [4.78, 5) is 4.29. The summed E-state index contributed by atoms with van der Waals surface area (Å²) in [6.45, 7) is 0. The number of anilines is 2. The number of fused-ring (bicyclic) bond motifs is 1. The second-order valence-corrected chi connectivity index (χ2v) is 5.37. The molecule has 0 atom stereocenters. The fourth-order valence-electron chi connectivity index (χ4n) is 2.69. The molecule has 0 amide bonds. The van der Waals surface area contributed by atoms with Gasteiger partial charge in [-0.15, -0.1) is 0 Å². The molecular weight excluding hydrogens is 298 g/mol. The number of nitriles is 1. The van der Waals surface area contributed by atoms with E-state index in [1.807, 2.05) is 36.4 Å². The highest BCUT2D eigenvalue weighted by atomic mass is 16.4. The van der Waals surface area contributed by atoms with Crippen LogP contribution >= 0.6 is 0 Å². The van der Waals surface area contributed by atoms with Crippen LogP contribution in [0.3, 0.4) is 0 Å². The van der Waals surface area contributed by atoms with Crippen molar-refractivity contribution < 1.29 is 4.42 Å². The number of oxazole rings is 1. The van der Waals surface area contributed by atoms with Crippen molar-refractivity contribution in [2.75, 3.05) is 5.32 Å². The van der Waals surface area contributed by atoms with E-state index in [2.05, 4.69) is 34.6 Å². The Labute approximate surface area is 139 Å². The molecule has 0 unspecified atom stereocenters. The molecule has 0 saturated carbocycles. The summed E-state index contributed by atoms with van der Waals surface area (Å²) >= 11 is 0. The van der Waals surface area contributed by atoms with Crippen molar-refractivity contribution in [3.05, 3.63) is 78.5 Å². The smallest absolute Gasteiger partial charge is 0.299 e. The van der Waals surface area contributed by atoms with E-state index in [4.69, 9.17) is 9.68 Å². The Balaban J connectivity index is 1.68. The van der Waals surface area contributed by atoms with E-state index in [1.165, 1.54) is 0 Å². The van der Waals surface area contributed by atoms with Gasteiger partial charge in [-0.2, -0.15) is 5.26 Å². The van der Waals surface area contributed by atoms with Crippen LogP contribution in [-0.2, 0) is 0 Å². The zero-order chi connectivity index (χ0) is 16.4. The second kappa shape index (κ2) is 5.90. The molecule has 0 saturated heterocycles. The Morgan fingerprint density at radius 3 is 2.71 bits per heavy atom. The second-order valence-electron chi connectivity index (χ2n) is 5.37. The third-order valence-corrected chi connectivity index (χ3v) is 3.80. The molecule has 4 nitrogen and oxygen atoms in total. The quantitative estimate of drug-likeness (QED) is 0.571. The van der Waals surface area contributed by atoms with Gasteiger partial charge >= 0.3 is 0 Å². The molecule has 1 heterocycles. The van der Waals surface area contributed by atoms with Crippen molar-refractivity contribution in [2.24, 2.45) is 0 Å². The summed E-state index contributed by atoms with van der Waals surface area (Å²) in [6.07, 6.45) is 1.71. The topological polar surface area (TPSA) is 61.9 Å². The molecule has 1 aromatic heterocycles. The Kier molecular flexibility index (Phi) is 3.45. The Morgan fingerprint density at radius 1 is 0.958 bits per heavy atom. The lowest BCUT2D eigenvalue weighted by Crippen LogP contribution is -1.90. The molecule has 0 radical (unpaired) electrons. The number of aromatic nitrogens is 1. The fraction of sp³-hybridized carbons (Fsp3) is 0. The highest BCUT2D eigenvalue weighted by Gasteiger charge is 2.10. The standard InChI is InChI=1S/C20H13N3O/c21-12-14-5-3-8-16(11-14)23-20-22-13-19(24-20)18-10-4-7-15-6-1-2-9-17(15)18/h1-11,13H,(H,22,23). The van der Waals surface area contributed by atoms with Crippen molar-refractivity contribution >= 4 is 22.5 Å². The number of hydrogen-bond acceptors (Lipinski definition) is 4. The van der Waals surface area contributed by atoms with Crippen LogP contribution in [0.5, 0.6) is 0 Å². The van der Waals surface area contributed by atoms with Crippen molar-refractivity contribution in [1.29, 1.82) is 5.26 Å². The van der Waals surface area contributed by atoms with Gasteiger partial charge in [0.2, 0.25) is 0 Å². The molecule has 0 bridgehead atoms. The van der Waals surface area contributed by atoms with Crippen LogP contribution in [0.1, 0.15) is 5.56 Å². The molecule has 0 aliphatic carbocycles. The summed E-state index contributed by atoms with van der Waals surface area (Å²) in [7, 11) is 0. The van der Waals surface area contributed by atoms with Crippen LogP contribution in [0.2, 0.25) is 0 Å².